The Kier molecular flexibility index (Phi) is 13.2. The van der Waals surface area contributed by atoms with Gasteiger partial charge >= 0.3 is 12.1 Å². The van der Waals surface area contributed by atoms with Crippen LogP contribution in [-0.2, 0) is 14.3 Å². The Hall–Kier alpha value is -3.19. The first-order valence-corrected chi connectivity index (χ1v) is 8.60. The lowest BCUT2D eigenvalue weighted by Crippen LogP contribution is -2.12. The fourth-order valence-corrected chi connectivity index (χ4v) is 1.57. The minimum Gasteiger partial charge on any atom is -0.423 e. The number of ketones is 1. The van der Waals surface area contributed by atoms with Crippen LogP contribution in [0.15, 0.2) is 54.6 Å². The first-order valence-electron chi connectivity index (χ1n) is 8.60. The second-order valence-electron chi connectivity index (χ2n) is 5.04. The van der Waals surface area contributed by atoms with Gasteiger partial charge in [0, 0.05) is 13.2 Å². The minimum atomic E-state index is -0.909. The van der Waals surface area contributed by atoms with Gasteiger partial charge in [0.1, 0.15) is 17.3 Å². The average Bonchev–Trinajstić information content (AvgIpc) is 2.68. The average molecular weight is 390 g/mol. The lowest BCUT2D eigenvalue weighted by molar-refractivity contribution is -0.115. The highest BCUT2D eigenvalue weighted by molar-refractivity contribution is 5.91. The number of rotatable bonds is 5. The zero-order valence-electron chi connectivity index (χ0n) is 16.8. The van der Waals surface area contributed by atoms with E-state index in [2.05, 4.69) is 9.47 Å². The number of methoxy groups -OCH3 is 1. The highest BCUT2D eigenvalue weighted by Gasteiger charge is 2.10. The van der Waals surface area contributed by atoms with Gasteiger partial charge in [-0.3, -0.25) is 0 Å². The monoisotopic (exact) mass is 390 g/mol. The predicted octanol–water partition coefficient (Wildman–Crippen LogP) is 4.65. The molecular weight excluding hydrogens is 364 g/mol. The third kappa shape index (κ3) is 11.4. The Bertz CT molecular complexity index is 723. The molecule has 0 spiro atoms. The van der Waals surface area contributed by atoms with Crippen molar-refractivity contribution in [1.29, 1.82) is 0 Å². The van der Waals surface area contributed by atoms with Crippen molar-refractivity contribution in [1.82, 2.24) is 0 Å². The molecule has 2 aromatic carbocycles. The van der Waals surface area contributed by atoms with E-state index in [1.54, 1.807) is 42.5 Å². The maximum atomic E-state index is 11.9. The molecular formula is C21H26O7. The van der Waals surface area contributed by atoms with Gasteiger partial charge in [-0.15, -0.1) is 0 Å². The Labute approximate surface area is 165 Å². The number of carbonyl (C=O) groups excluding carboxylic acids is 3. The van der Waals surface area contributed by atoms with Crippen LogP contribution in [0.1, 0.15) is 38.1 Å². The van der Waals surface area contributed by atoms with Crippen molar-refractivity contribution in [2.75, 3.05) is 13.9 Å². The zero-order valence-corrected chi connectivity index (χ0v) is 16.8. The summed E-state index contributed by atoms with van der Waals surface area (Å²) in [6.45, 7) is 6.85. The van der Waals surface area contributed by atoms with Gasteiger partial charge in [0.25, 0.3) is 0 Å². The van der Waals surface area contributed by atoms with Crippen molar-refractivity contribution in [3.63, 3.8) is 0 Å². The highest BCUT2D eigenvalue weighted by atomic mass is 16.8. The number of hydrogen-bond acceptors (Lipinski definition) is 7. The molecule has 0 radical (unpaired) electrons. The predicted molar refractivity (Wildman–Crippen MR) is 105 cm³/mol. The van der Waals surface area contributed by atoms with Gasteiger partial charge in [0.2, 0.25) is 0 Å². The Morgan fingerprint density at radius 3 is 1.89 bits per heavy atom. The number of ether oxygens (including phenoxy) is 4. The fourth-order valence-electron chi connectivity index (χ4n) is 1.57. The summed E-state index contributed by atoms with van der Waals surface area (Å²) in [7, 11) is 1.39. The van der Waals surface area contributed by atoms with Crippen molar-refractivity contribution in [3.05, 3.63) is 60.2 Å². The molecule has 0 fully saturated rings. The van der Waals surface area contributed by atoms with E-state index in [9.17, 15) is 14.4 Å². The Balaban J connectivity index is 0.00000108. The molecule has 7 nitrogen and oxygen atoms in total. The lowest BCUT2D eigenvalue weighted by Gasteiger charge is -2.07. The Morgan fingerprint density at radius 1 is 0.821 bits per heavy atom. The Morgan fingerprint density at radius 2 is 1.36 bits per heavy atom. The van der Waals surface area contributed by atoms with Crippen molar-refractivity contribution in [2.24, 2.45) is 0 Å². The van der Waals surface area contributed by atoms with Gasteiger partial charge in [0.05, 0.1) is 5.56 Å². The second kappa shape index (κ2) is 14.9. The number of benzene rings is 2. The summed E-state index contributed by atoms with van der Waals surface area (Å²) in [5.41, 5.74) is 0.424. The van der Waals surface area contributed by atoms with Crippen LogP contribution < -0.4 is 9.47 Å². The third-order valence-corrected chi connectivity index (χ3v) is 2.52. The fraction of sp³-hybridized carbons (Fsp3) is 0.286. The van der Waals surface area contributed by atoms with E-state index < -0.39 is 12.1 Å². The molecule has 0 amide bonds. The van der Waals surface area contributed by atoms with Crippen LogP contribution in [-0.4, -0.2) is 31.8 Å². The first-order chi connectivity index (χ1) is 13.4. The summed E-state index contributed by atoms with van der Waals surface area (Å²) in [5.74, 6) is 0.116. The molecule has 0 heterocycles. The smallest absolute Gasteiger partial charge is 0.423 e. The van der Waals surface area contributed by atoms with Gasteiger partial charge in [-0.05, 0) is 38.1 Å². The number of esters is 1. The summed E-state index contributed by atoms with van der Waals surface area (Å²) in [5, 5.41) is 0. The lowest BCUT2D eigenvalue weighted by atomic mass is 10.2. The quantitative estimate of drug-likeness (QED) is 0.318. The van der Waals surface area contributed by atoms with E-state index in [1.807, 2.05) is 13.8 Å². The molecule has 0 bridgehead atoms. The topological polar surface area (TPSA) is 88.1 Å². The molecule has 0 saturated heterocycles. The molecule has 0 aliphatic heterocycles. The molecule has 0 aliphatic carbocycles. The molecule has 2 aromatic rings. The molecule has 0 saturated carbocycles. The van der Waals surface area contributed by atoms with E-state index in [-0.39, 0.29) is 24.1 Å². The zero-order chi connectivity index (χ0) is 21.4. The van der Waals surface area contributed by atoms with Crippen LogP contribution in [0, 0.1) is 0 Å². The number of carbonyl (C=O) groups is 3. The van der Waals surface area contributed by atoms with Crippen molar-refractivity contribution in [3.8, 4) is 11.5 Å². The SMILES string of the molecule is CC.CC(C)=O.COCOC(=O)Oc1cccc(OC(=O)c2ccccc2)c1. The van der Waals surface area contributed by atoms with Gasteiger partial charge < -0.3 is 23.7 Å². The van der Waals surface area contributed by atoms with Crippen molar-refractivity contribution >= 4 is 17.9 Å². The molecule has 7 heteroatoms. The van der Waals surface area contributed by atoms with Gasteiger partial charge in [-0.25, -0.2) is 9.59 Å². The number of hydrogen-bond donors (Lipinski definition) is 0. The van der Waals surface area contributed by atoms with E-state index >= 15 is 0 Å². The van der Waals surface area contributed by atoms with Crippen LogP contribution in [0.3, 0.4) is 0 Å². The van der Waals surface area contributed by atoms with E-state index in [1.165, 1.54) is 33.1 Å². The van der Waals surface area contributed by atoms with Crippen molar-refractivity contribution in [2.45, 2.75) is 27.7 Å². The summed E-state index contributed by atoms with van der Waals surface area (Å²) in [6, 6.07) is 14.7. The van der Waals surface area contributed by atoms with Crippen LogP contribution in [0.2, 0.25) is 0 Å². The van der Waals surface area contributed by atoms with Gasteiger partial charge in [-0.1, -0.05) is 38.1 Å². The van der Waals surface area contributed by atoms with Gasteiger partial charge in [0.15, 0.2) is 6.79 Å². The normalized spacial score (nSPS) is 8.89. The molecule has 2 rings (SSSR count). The summed E-state index contributed by atoms with van der Waals surface area (Å²) in [4.78, 5) is 32.7. The van der Waals surface area contributed by atoms with Gasteiger partial charge in [-0.2, -0.15) is 0 Å². The van der Waals surface area contributed by atoms with Crippen LogP contribution >= 0.6 is 0 Å². The third-order valence-electron chi connectivity index (χ3n) is 2.52. The molecule has 0 aliphatic rings. The van der Waals surface area contributed by atoms with Crippen LogP contribution in [0.25, 0.3) is 0 Å². The molecule has 0 unspecified atom stereocenters. The molecule has 0 atom stereocenters. The maximum Gasteiger partial charge on any atom is 0.515 e. The maximum absolute atomic E-state index is 11.9. The van der Waals surface area contributed by atoms with E-state index in [0.717, 1.165) is 0 Å². The van der Waals surface area contributed by atoms with Crippen LogP contribution in [0.5, 0.6) is 11.5 Å². The van der Waals surface area contributed by atoms with E-state index in [0.29, 0.717) is 5.56 Å². The summed E-state index contributed by atoms with van der Waals surface area (Å²) < 4.78 is 19.3. The summed E-state index contributed by atoms with van der Waals surface area (Å²) in [6.07, 6.45) is -0.909. The van der Waals surface area contributed by atoms with E-state index in [4.69, 9.17) is 9.47 Å². The van der Waals surface area contributed by atoms with Crippen LogP contribution in [0.4, 0.5) is 4.79 Å². The number of Topliss-reactive ketones (excluding diaryl/α,β-unsaturated/α-hetero) is 1. The molecule has 152 valence electrons. The van der Waals surface area contributed by atoms with Crippen molar-refractivity contribution < 1.29 is 33.3 Å². The summed E-state index contributed by atoms with van der Waals surface area (Å²) >= 11 is 0. The largest absolute Gasteiger partial charge is 0.515 e. The molecule has 0 N–H and O–H groups in total. The minimum absolute atomic E-state index is 0.167. The standard InChI is InChI=1S/C16H14O6.C3H6O.C2H6/c1-19-11-20-16(18)22-14-9-5-8-13(10-14)21-15(17)12-6-3-2-4-7-12;1-3(2)4;1-2/h2-10H,11H2,1H3;1-2H3;1-2H3. The second-order valence-corrected chi connectivity index (χ2v) is 5.04. The first kappa shape index (κ1) is 24.8. The molecule has 0 aromatic heterocycles. The highest BCUT2D eigenvalue weighted by Crippen LogP contribution is 2.21. The molecule has 28 heavy (non-hydrogen) atoms.